The molecule has 1 heterocycles. The van der Waals surface area contributed by atoms with Gasteiger partial charge in [0.25, 0.3) is 0 Å². The number of anilines is 1. The van der Waals surface area contributed by atoms with Crippen molar-refractivity contribution in [1.29, 1.82) is 0 Å². The van der Waals surface area contributed by atoms with Gasteiger partial charge in [-0.2, -0.15) is 4.98 Å². The number of amides is 1. The van der Waals surface area contributed by atoms with Crippen molar-refractivity contribution in [3.05, 3.63) is 60.2 Å². The van der Waals surface area contributed by atoms with E-state index in [2.05, 4.69) is 15.5 Å². The number of carbonyl (C=O) groups excluding carboxylic acids is 1. The second-order valence-corrected chi connectivity index (χ2v) is 5.56. The van der Waals surface area contributed by atoms with Crippen molar-refractivity contribution in [2.45, 2.75) is 19.8 Å². The van der Waals surface area contributed by atoms with Crippen LogP contribution >= 0.6 is 0 Å². The van der Waals surface area contributed by atoms with Crippen LogP contribution in [0.3, 0.4) is 0 Å². The summed E-state index contributed by atoms with van der Waals surface area (Å²) in [5, 5.41) is 6.52. The Kier molecular flexibility index (Phi) is 5.48. The maximum atomic E-state index is 12.0. The summed E-state index contributed by atoms with van der Waals surface area (Å²) in [6.45, 7) is 1.74. The number of methoxy groups -OCH3 is 1. The third kappa shape index (κ3) is 4.60. The van der Waals surface area contributed by atoms with Gasteiger partial charge >= 0.3 is 0 Å². The molecule has 1 amide bonds. The fraction of sp³-hybridized carbons (Fsp3) is 0.211. The average Bonchev–Trinajstić information content (AvgIpc) is 3.07. The number of aryl methyl sites for hydroxylation is 2. The normalized spacial score (nSPS) is 10.4. The van der Waals surface area contributed by atoms with Gasteiger partial charge in [-0.25, -0.2) is 0 Å². The average molecular weight is 353 g/mol. The monoisotopic (exact) mass is 353 g/mol. The molecule has 0 spiro atoms. The number of para-hydroxylation sites is 2. The summed E-state index contributed by atoms with van der Waals surface area (Å²) in [7, 11) is 1.59. The Morgan fingerprint density at radius 1 is 1.12 bits per heavy atom. The first kappa shape index (κ1) is 17.5. The second kappa shape index (κ2) is 8.15. The molecular formula is C19H19N3O4. The van der Waals surface area contributed by atoms with Crippen molar-refractivity contribution in [2.24, 2.45) is 0 Å². The molecule has 0 atom stereocenters. The van der Waals surface area contributed by atoms with E-state index in [0.29, 0.717) is 41.1 Å². The van der Waals surface area contributed by atoms with E-state index in [0.717, 1.165) is 0 Å². The standard InChI is InChI=1S/C19H19N3O4/c1-13-20-19(26-22-13)12-11-18(23)21-14-7-9-15(10-8-14)25-17-6-4-3-5-16(17)24-2/h3-10H,11-12H2,1-2H3,(H,21,23). The van der Waals surface area contributed by atoms with Crippen LogP contribution in [0.25, 0.3) is 0 Å². The number of ether oxygens (including phenoxy) is 2. The van der Waals surface area contributed by atoms with E-state index >= 15 is 0 Å². The van der Waals surface area contributed by atoms with Gasteiger partial charge in [-0.3, -0.25) is 4.79 Å². The van der Waals surface area contributed by atoms with Gasteiger partial charge in [0.15, 0.2) is 17.3 Å². The zero-order valence-electron chi connectivity index (χ0n) is 14.6. The van der Waals surface area contributed by atoms with E-state index in [1.54, 1.807) is 38.3 Å². The lowest BCUT2D eigenvalue weighted by atomic mass is 10.2. The van der Waals surface area contributed by atoms with Gasteiger partial charge in [-0.1, -0.05) is 17.3 Å². The summed E-state index contributed by atoms with van der Waals surface area (Å²) >= 11 is 0. The quantitative estimate of drug-likeness (QED) is 0.696. The van der Waals surface area contributed by atoms with Gasteiger partial charge in [0.1, 0.15) is 5.75 Å². The predicted molar refractivity (Wildman–Crippen MR) is 95.5 cm³/mol. The Hall–Kier alpha value is -3.35. The van der Waals surface area contributed by atoms with Crippen LogP contribution in [0.4, 0.5) is 5.69 Å². The summed E-state index contributed by atoms with van der Waals surface area (Å²) in [4.78, 5) is 16.1. The first-order valence-electron chi connectivity index (χ1n) is 8.14. The van der Waals surface area contributed by atoms with Crippen LogP contribution in [0.15, 0.2) is 53.1 Å². The SMILES string of the molecule is COc1ccccc1Oc1ccc(NC(=O)CCc2nc(C)no2)cc1. The molecule has 26 heavy (non-hydrogen) atoms. The van der Waals surface area contributed by atoms with Crippen molar-refractivity contribution in [3.63, 3.8) is 0 Å². The van der Waals surface area contributed by atoms with E-state index in [9.17, 15) is 4.79 Å². The first-order chi connectivity index (χ1) is 12.6. The maximum Gasteiger partial charge on any atom is 0.227 e. The summed E-state index contributed by atoms with van der Waals surface area (Å²) in [5.74, 6) is 2.82. The zero-order valence-corrected chi connectivity index (χ0v) is 14.6. The molecule has 7 heteroatoms. The van der Waals surface area contributed by atoms with Crippen LogP contribution in [-0.2, 0) is 11.2 Å². The van der Waals surface area contributed by atoms with Crippen molar-refractivity contribution in [1.82, 2.24) is 10.1 Å². The highest BCUT2D eigenvalue weighted by Crippen LogP contribution is 2.31. The molecule has 0 bridgehead atoms. The number of aromatic nitrogens is 2. The lowest BCUT2D eigenvalue weighted by molar-refractivity contribution is -0.116. The molecule has 134 valence electrons. The van der Waals surface area contributed by atoms with E-state index < -0.39 is 0 Å². The van der Waals surface area contributed by atoms with Crippen LogP contribution in [0.1, 0.15) is 18.1 Å². The van der Waals surface area contributed by atoms with E-state index in [1.165, 1.54) is 0 Å². The molecule has 1 aromatic heterocycles. The molecule has 2 aromatic carbocycles. The van der Waals surface area contributed by atoms with Gasteiger partial charge in [-0.15, -0.1) is 0 Å². The van der Waals surface area contributed by atoms with E-state index in [1.807, 2.05) is 24.3 Å². The van der Waals surface area contributed by atoms with Crippen LogP contribution in [-0.4, -0.2) is 23.2 Å². The highest BCUT2D eigenvalue weighted by Gasteiger charge is 2.08. The molecule has 7 nitrogen and oxygen atoms in total. The number of hydrogen-bond acceptors (Lipinski definition) is 6. The maximum absolute atomic E-state index is 12.0. The molecule has 0 fully saturated rings. The minimum Gasteiger partial charge on any atom is -0.493 e. The minimum atomic E-state index is -0.126. The number of hydrogen-bond donors (Lipinski definition) is 1. The molecular weight excluding hydrogens is 334 g/mol. The molecule has 3 aromatic rings. The van der Waals surface area contributed by atoms with Gasteiger partial charge in [-0.05, 0) is 43.3 Å². The number of nitrogens with zero attached hydrogens (tertiary/aromatic N) is 2. The molecule has 0 unspecified atom stereocenters. The Morgan fingerprint density at radius 2 is 1.85 bits per heavy atom. The molecule has 0 aliphatic rings. The van der Waals surface area contributed by atoms with Gasteiger partial charge in [0.2, 0.25) is 11.8 Å². The number of rotatable bonds is 7. The van der Waals surface area contributed by atoms with Crippen molar-refractivity contribution < 1.29 is 18.8 Å². The molecule has 0 saturated carbocycles. The second-order valence-electron chi connectivity index (χ2n) is 5.56. The molecule has 0 saturated heterocycles. The lowest BCUT2D eigenvalue weighted by Gasteiger charge is -2.10. The summed E-state index contributed by atoms with van der Waals surface area (Å²) < 4.78 is 16.1. The van der Waals surface area contributed by atoms with E-state index in [4.69, 9.17) is 14.0 Å². The number of carbonyl (C=O) groups is 1. The summed E-state index contributed by atoms with van der Waals surface area (Å²) in [5.41, 5.74) is 0.684. The third-order valence-electron chi connectivity index (χ3n) is 3.57. The fourth-order valence-corrected chi connectivity index (χ4v) is 2.32. The first-order valence-corrected chi connectivity index (χ1v) is 8.14. The largest absolute Gasteiger partial charge is 0.493 e. The number of nitrogens with one attached hydrogen (secondary N) is 1. The van der Waals surface area contributed by atoms with E-state index in [-0.39, 0.29) is 12.3 Å². The topological polar surface area (TPSA) is 86.5 Å². The molecule has 1 N–H and O–H groups in total. The Labute approximate surface area is 150 Å². The van der Waals surface area contributed by atoms with Crippen LogP contribution in [0, 0.1) is 6.92 Å². The highest BCUT2D eigenvalue weighted by atomic mass is 16.5. The van der Waals surface area contributed by atoms with Gasteiger partial charge < -0.3 is 19.3 Å². The molecule has 0 aliphatic carbocycles. The van der Waals surface area contributed by atoms with Crippen molar-refractivity contribution in [3.8, 4) is 17.2 Å². The fourth-order valence-electron chi connectivity index (χ4n) is 2.32. The number of benzene rings is 2. The van der Waals surface area contributed by atoms with Crippen LogP contribution in [0.5, 0.6) is 17.2 Å². The summed E-state index contributed by atoms with van der Waals surface area (Å²) in [6.07, 6.45) is 0.669. The molecule has 3 rings (SSSR count). The van der Waals surface area contributed by atoms with Crippen LogP contribution in [0.2, 0.25) is 0 Å². The smallest absolute Gasteiger partial charge is 0.227 e. The van der Waals surface area contributed by atoms with Crippen LogP contribution < -0.4 is 14.8 Å². The molecule has 0 radical (unpaired) electrons. The van der Waals surface area contributed by atoms with Gasteiger partial charge in [0.05, 0.1) is 7.11 Å². The Bertz CT molecular complexity index is 875. The zero-order chi connectivity index (χ0) is 18.4. The van der Waals surface area contributed by atoms with Crippen molar-refractivity contribution in [2.75, 3.05) is 12.4 Å². The predicted octanol–water partition coefficient (Wildman–Crippen LogP) is 3.75. The third-order valence-corrected chi connectivity index (χ3v) is 3.57. The molecule has 0 aliphatic heterocycles. The van der Waals surface area contributed by atoms with Crippen molar-refractivity contribution >= 4 is 11.6 Å². The Morgan fingerprint density at radius 3 is 2.50 bits per heavy atom. The Balaban J connectivity index is 1.54. The lowest BCUT2D eigenvalue weighted by Crippen LogP contribution is -2.12. The highest BCUT2D eigenvalue weighted by molar-refractivity contribution is 5.90. The summed E-state index contributed by atoms with van der Waals surface area (Å²) in [6, 6.07) is 14.5. The minimum absolute atomic E-state index is 0.126. The van der Waals surface area contributed by atoms with Gasteiger partial charge in [0, 0.05) is 18.5 Å².